The lowest BCUT2D eigenvalue weighted by Crippen LogP contribution is -1.99. The van der Waals surface area contributed by atoms with Crippen LogP contribution in [0.15, 0.2) is 48.5 Å². The lowest BCUT2D eigenvalue weighted by atomic mass is 9.94. The Kier molecular flexibility index (Phi) is 2.88. The summed E-state index contributed by atoms with van der Waals surface area (Å²) < 4.78 is 13.2. The summed E-state index contributed by atoms with van der Waals surface area (Å²) in [5.41, 5.74) is 3.22. The van der Waals surface area contributed by atoms with Crippen LogP contribution in [-0.2, 0) is 6.42 Å². The van der Waals surface area contributed by atoms with Gasteiger partial charge in [-0.25, -0.2) is 4.39 Å². The fourth-order valence-electron chi connectivity index (χ4n) is 2.85. The molecule has 0 heterocycles. The summed E-state index contributed by atoms with van der Waals surface area (Å²) >= 11 is 0. The fourth-order valence-corrected chi connectivity index (χ4v) is 2.85. The SMILES string of the molecule is O[C@H]1C[C@H](Cc2cccc(F)c2)c2ccccc21. The van der Waals surface area contributed by atoms with Gasteiger partial charge in [-0.2, -0.15) is 0 Å². The van der Waals surface area contributed by atoms with E-state index in [1.54, 1.807) is 12.1 Å². The zero-order valence-corrected chi connectivity index (χ0v) is 10.0. The van der Waals surface area contributed by atoms with Crippen molar-refractivity contribution in [3.05, 3.63) is 71.0 Å². The number of fused-ring (bicyclic) bond motifs is 1. The van der Waals surface area contributed by atoms with Gasteiger partial charge < -0.3 is 5.11 Å². The standard InChI is InChI=1S/C16H15FO/c17-13-5-3-4-11(9-13)8-12-10-16(18)15-7-2-1-6-14(12)15/h1-7,9,12,16,18H,8,10H2/t12-,16-/m0/s1. The first-order valence-electron chi connectivity index (χ1n) is 6.25. The maximum Gasteiger partial charge on any atom is 0.123 e. The minimum atomic E-state index is -0.375. The van der Waals surface area contributed by atoms with Crippen molar-refractivity contribution in [2.45, 2.75) is 24.9 Å². The van der Waals surface area contributed by atoms with Crippen LogP contribution in [0.3, 0.4) is 0 Å². The van der Waals surface area contributed by atoms with E-state index in [4.69, 9.17) is 0 Å². The molecule has 0 aliphatic heterocycles. The summed E-state index contributed by atoms with van der Waals surface area (Å²) in [7, 11) is 0. The Hall–Kier alpha value is -1.67. The van der Waals surface area contributed by atoms with Crippen LogP contribution in [0.25, 0.3) is 0 Å². The molecule has 0 fully saturated rings. The van der Waals surface area contributed by atoms with Gasteiger partial charge in [-0.1, -0.05) is 36.4 Å². The van der Waals surface area contributed by atoms with Gasteiger partial charge in [-0.15, -0.1) is 0 Å². The zero-order valence-electron chi connectivity index (χ0n) is 10.0. The van der Waals surface area contributed by atoms with Crippen LogP contribution in [0, 0.1) is 5.82 Å². The Bertz CT molecular complexity index is 565. The molecule has 1 N–H and O–H groups in total. The second-order valence-corrected chi connectivity index (χ2v) is 4.91. The van der Waals surface area contributed by atoms with Crippen molar-refractivity contribution < 1.29 is 9.50 Å². The molecule has 0 unspecified atom stereocenters. The number of hydrogen-bond donors (Lipinski definition) is 1. The van der Waals surface area contributed by atoms with E-state index < -0.39 is 0 Å². The van der Waals surface area contributed by atoms with Crippen LogP contribution in [0.5, 0.6) is 0 Å². The van der Waals surface area contributed by atoms with Gasteiger partial charge in [-0.3, -0.25) is 0 Å². The lowest BCUT2D eigenvalue weighted by Gasteiger charge is -2.11. The third-order valence-corrected chi connectivity index (χ3v) is 3.67. The van der Waals surface area contributed by atoms with E-state index >= 15 is 0 Å². The number of benzene rings is 2. The number of aliphatic hydroxyl groups excluding tert-OH is 1. The molecule has 0 bridgehead atoms. The highest BCUT2D eigenvalue weighted by Gasteiger charge is 2.29. The molecule has 2 atom stereocenters. The summed E-state index contributed by atoms with van der Waals surface area (Å²) in [4.78, 5) is 0. The number of hydrogen-bond acceptors (Lipinski definition) is 1. The van der Waals surface area contributed by atoms with Crippen LogP contribution in [-0.4, -0.2) is 5.11 Å². The molecular formula is C16H15FO. The predicted octanol–water partition coefficient (Wildman–Crippen LogP) is 3.59. The first-order valence-corrected chi connectivity index (χ1v) is 6.25. The topological polar surface area (TPSA) is 20.2 Å². The second kappa shape index (κ2) is 4.54. The molecule has 18 heavy (non-hydrogen) atoms. The second-order valence-electron chi connectivity index (χ2n) is 4.91. The molecule has 3 rings (SSSR count). The van der Waals surface area contributed by atoms with E-state index in [-0.39, 0.29) is 17.8 Å². The molecule has 1 aliphatic carbocycles. The first kappa shape index (κ1) is 11.4. The highest BCUT2D eigenvalue weighted by atomic mass is 19.1. The summed E-state index contributed by atoms with van der Waals surface area (Å²) in [5, 5.41) is 10.0. The average Bonchev–Trinajstić information content (AvgIpc) is 2.67. The summed E-state index contributed by atoms with van der Waals surface area (Å²) in [6, 6.07) is 14.7. The normalized spacial score (nSPS) is 21.9. The van der Waals surface area contributed by atoms with E-state index in [2.05, 4.69) is 6.07 Å². The Balaban J connectivity index is 1.87. The quantitative estimate of drug-likeness (QED) is 0.853. The fraction of sp³-hybridized carbons (Fsp3) is 0.250. The minimum Gasteiger partial charge on any atom is -0.388 e. The Labute approximate surface area is 106 Å². The van der Waals surface area contributed by atoms with E-state index in [9.17, 15) is 9.50 Å². The van der Waals surface area contributed by atoms with Crippen LogP contribution >= 0.6 is 0 Å². The van der Waals surface area contributed by atoms with E-state index in [1.165, 1.54) is 11.6 Å². The minimum absolute atomic E-state index is 0.195. The highest BCUT2D eigenvalue weighted by molar-refractivity contribution is 5.38. The van der Waals surface area contributed by atoms with Gasteiger partial charge in [0.05, 0.1) is 6.10 Å². The Morgan fingerprint density at radius 1 is 1.06 bits per heavy atom. The molecule has 0 saturated heterocycles. The lowest BCUT2D eigenvalue weighted by molar-refractivity contribution is 0.173. The van der Waals surface area contributed by atoms with Gasteiger partial charge in [0.1, 0.15) is 5.82 Å². The van der Waals surface area contributed by atoms with Crippen molar-refractivity contribution in [3.8, 4) is 0 Å². The van der Waals surface area contributed by atoms with Gasteiger partial charge in [0.2, 0.25) is 0 Å². The predicted molar refractivity (Wildman–Crippen MR) is 68.9 cm³/mol. The summed E-state index contributed by atoms with van der Waals surface area (Å²) in [6.07, 6.45) is 1.14. The van der Waals surface area contributed by atoms with Crippen LogP contribution in [0.1, 0.15) is 35.1 Å². The Morgan fingerprint density at radius 3 is 2.61 bits per heavy atom. The Morgan fingerprint density at radius 2 is 1.83 bits per heavy atom. The third kappa shape index (κ3) is 2.04. The third-order valence-electron chi connectivity index (χ3n) is 3.67. The zero-order chi connectivity index (χ0) is 12.5. The molecule has 0 aromatic heterocycles. The van der Waals surface area contributed by atoms with Gasteiger partial charge in [-0.05, 0) is 47.6 Å². The molecule has 1 nitrogen and oxygen atoms in total. The molecule has 2 heteroatoms. The number of aliphatic hydroxyl groups is 1. The average molecular weight is 242 g/mol. The van der Waals surface area contributed by atoms with Gasteiger partial charge >= 0.3 is 0 Å². The van der Waals surface area contributed by atoms with Crippen molar-refractivity contribution in [2.75, 3.05) is 0 Å². The molecule has 2 aromatic rings. The van der Waals surface area contributed by atoms with Crippen molar-refractivity contribution >= 4 is 0 Å². The van der Waals surface area contributed by atoms with Crippen LogP contribution in [0.4, 0.5) is 4.39 Å². The number of halogens is 1. The maximum absolute atomic E-state index is 13.2. The molecule has 1 aliphatic rings. The smallest absolute Gasteiger partial charge is 0.123 e. The van der Waals surface area contributed by atoms with E-state index in [0.717, 1.165) is 24.0 Å². The first-order chi connectivity index (χ1) is 8.74. The molecule has 0 saturated carbocycles. The van der Waals surface area contributed by atoms with E-state index in [1.807, 2.05) is 24.3 Å². The molecule has 0 amide bonds. The van der Waals surface area contributed by atoms with Gasteiger partial charge in [0, 0.05) is 0 Å². The molecule has 0 spiro atoms. The molecule has 0 radical (unpaired) electrons. The monoisotopic (exact) mass is 242 g/mol. The van der Waals surface area contributed by atoms with Crippen molar-refractivity contribution in [3.63, 3.8) is 0 Å². The molecular weight excluding hydrogens is 227 g/mol. The van der Waals surface area contributed by atoms with Crippen molar-refractivity contribution in [2.24, 2.45) is 0 Å². The summed E-state index contributed by atoms with van der Waals surface area (Å²) in [6.45, 7) is 0. The highest BCUT2D eigenvalue weighted by Crippen LogP contribution is 2.41. The number of rotatable bonds is 2. The van der Waals surface area contributed by atoms with Gasteiger partial charge in [0.25, 0.3) is 0 Å². The van der Waals surface area contributed by atoms with E-state index in [0.29, 0.717) is 0 Å². The summed E-state index contributed by atoms with van der Waals surface area (Å²) in [5.74, 6) is 0.0948. The molecule has 92 valence electrons. The maximum atomic E-state index is 13.2. The molecule has 2 aromatic carbocycles. The van der Waals surface area contributed by atoms with Crippen LogP contribution < -0.4 is 0 Å². The van der Waals surface area contributed by atoms with Crippen molar-refractivity contribution in [1.82, 2.24) is 0 Å². The van der Waals surface area contributed by atoms with Crippen molar-refractivity contribution in [1.29, 1.82) is 0 Å². The largest absolute Gasteiger partial charge is 0.388 e. The van der Waals surface area contributed by atoms with Crippen LogP contribution in [0.2, 0.25) is 0 Å². The van der Waals surface area contributed by atoms with Gasteiger partial charge in [0.15, 0.2) is 0 Å².